The third-order valence-electron chi connectivity index (χ3n) is 4.68. The maximum Gasteiger partial charge on any atom is 0.262 e. The lowest BCUT2D eigenvalue weighted by Crippen LogP contribution is -2.21. The van der Waals surface area contributed by atoms with Gasteiger partial charge >= 0.3 is 0 Å². The summed E-state index contributed by atoms with van der Waals surface area (Å²) in [4.78, 5) is 16.9. The number of aryl methyl sites for hydroxylation is 2. The van der Waals surface area contributed by atoms with E-state index in [-0.39, 0.29) is 12.5 Å². The highest BCUT2D eigenvalue weighted by Crippen LogP contribution is 2.30. The summed E-state index contributed by atoms with van der Waals surface area (Å²) in [5, 5.41) is 6.97. The lowest BCUT2D eigenvalue weighted by molar-refractivity contribution is -0.118. The molecule has 0 aliphatic carbocycles. The summed E-state index contributed by atoms with van der Waals surface area (Å²) in [5.74, 6) is 1.09. The normalized spacial score (nSPS) is 10.6. The summed E-state index contributed by atoms with van der Waals surface area (Å²) in [6.45, 7) is 3.78. The van der Waals surface area contributed by atoms with Crippen molar-refractivity contribution in [3.63, 3.8) is 0 Å². The number of rotatable bonds is 6. The van der Waals surface area contributed by atoms with Crippen LogP contribution in [0.3, 0.4) is 0 Å². The van der Waals surface area contributed by atoms with E-state index in [0.717, 1.165) is 22.4 Å². The minimum atomic E-state index is -0.238. The van der Waals surface area contributed by atoms with Crippen molar-refractivity contribution in [2.24, 2.45) is 0 Å². The Labute approximate surface area is 174 Å². The molecular formula is C24H21N3O3. The van der Waals surface area contributed by atoms with Gasteiger partial charge in [-0.15, -0.1) is 0 Å². The molecular weight excluding hydrogens is 378 g/mol. The second kappa shape index (κ2) is 8.61. The third kappa shape index (κ3) is 4.22. The molecule has 0 saturated carbocycles. The van der Waals surface area contributed by atoms with Crippen LogP contribution in [0, 0.1) is 13.8 Å². The van der Waals surface area contributed by atoms with Gasteiger partial charge in [-0.2, -0.15) is 4.98 Å². The van der Waals surface area contributed by atoms with Gasteiger partial charge in [-0.05, 0) is 37.1 Å². The SMILES string of the molecule is Cc1cccc(C)c1NC(=O)COc1ccccc1-c1nc(-c2ccccc2)no1. The summed E-state index contributed by atoms with van der Waals surface area (Å²) in [6, 6.07) is 22.7. The first kappa shape index (κ1) is 19.4. The Balaban J connectivity index is 1.49. The van der Waals surface area contributed by atoms with Gasteiger partial charge in [0, 0.05) is 11.3 Å². The molecule has 3 aromatic carbocycles. The first-order chi connectivity index (χ1) is 14.6. The smallest absolute Gasteiger partial charge is 0.262 e. The fraction of sp³-hybridized carbons (Fsp3) is 0.125. The van der Waals surface area contributed by atoms with Crippen LogP contribution >= 0.6 is 0 Å². The molecule has 4 aromatic rings. The number of nitrogens with one attached hydrogen (secondary N) is 1. The number of amides is 1. The average Bonchev–Trinajstić information content (AvgIpc) is 3.26. The van der Waals surface area contributed by atoms with E-state index in [1.54, 1.807) is 6.07 Å². The molecule has 150 valence electrons. The standard InChI is InChI=1S/C24H21N3O3/c1-16-9-8-10-17(2)22(16)25-21(28)15-29-20-14-7-6-13-19(20)24-26-23(27-30-24)18-11-4-3-5-12-18/h3-14H,15H2,1-2H3,(H,25,28). The van der Waals surface area contributed by atoms with Crippen molar-refractivity contribution in [1.82, 2.24) is 10.1 Å². The number of nitrogens with zero attached hydrogens (tertiary/aromatic N) is 2. The molecule has 1 N–H and O–H groups in total. The van der Waals surface area contributed by atoms with Crippen molar-refractivity contribution in [1.29, 1.82) is 0 Å². The van der Waals surface area contributed by atoms with E-state index in [9.17, 15) is 4.79 Å². The number of aromatic nitrogens is 2. The number of hydrogen-bond acceptors (Lipinski definition) is 5. The van der Waals surface area contributed by atoms with Crippen molar-refractivity contribution in [3.05, 3.63) is 83.9 Å². The molecule has 0 saturated heterocycles. The lowest BCUT2D eigenvalue weighted by Gasteiger charge is -2.13. The average molecular weight is 399 g/mol. The molecule has 30 heavy (non-hydrogen) atoms. The number of anilines is 1. The zero-order valence-electron chi connectivity index (χ0n) is 16.8. The predicted molar refractivity (Wildman–Crippen MR) is 115 cm³/mol. The zero-order chi connectivity index (χ0) is 20.9. The molecule has 0 unspecified atom stereocenters. The first-order valence-electron chi connectivity index (χ1n) is 9.59. The summed E-state index contributed by atoms with van der Waals surface area (Å²) in [6.07, 6.45) is 0. The fourth-order valence-corrected chi connectivity index (χ4v) is 3.14. The Morgan fingerprint density at radius 3 is 2.40 bits per heavy atom. The van der Waals surface area contributed by atoms with Gasteiger partial charge in [0.05, 0.1) is 5.56 Å². The maximum atomic E-state index is 12.4. The maximum absolute atomic E-state index is 12.4. The van der Waals surface area contributed by atoms with Crippen molar-refractivity contribution in [3.8, 4) is 28.6 Å². The number of benzene rings is 3. The molecule has 1 aromatic heterocycles. The zero-order valence-corrected chi connectivity index (χ0v) is 16.8. The number of carbonyl (C=O) groups is 1. The van der Waals surface area contributed by atoms with Crippen LogP contribution in [0.25, 0.3) is 22.8 Å². The molecule has 0 atom stereocenters. The Morgan fingerprint density at radius 1 is 0.933 bits per heavy atom. The van der Waals surface area contributed by atoms with E-state index in [1.165, 1.54) is 0 Å². The molecule has 1 amide bonds. The molecule has 0 fully saturated rings. The topological polar surface area (TPSA) is 77.2 Å². The molecule has 0 aliphatic rings. The summed E-state index contributed by atoms with van der Waals surface area (Å²) in [5.41, 5.74) is 4.31. The highest BCUT2D eigenvalue weighted by molar-refractivity contribution is 5.93. The van der Waals surface area contributed by atoms with Crippen LogP contribution in [0.15, 0.2) is 77.3 Å². The Hall–Kier alpha value is -3.93. The van der Waals surface area contributed by atoms with Gasteiger partial charge in [-0.25, -0.2) is 0 Å². The van der Waals surface area contributed by atoms with E-state index >= 15 is 0 Å². The molecule has 0 aliphatic heterocycles. The van der Waals surface area contributed by atoms with Gasteiger partial charge in [-0.1, -0.05) is 65.8 Å². The van der Waals surface area contributed by atoms with Crippen LogP contribution in [0.1, 0.15) is 11.1 Å². The van der Waals surface area contributed by atoms with E-state index in [0.29, 0.717) is 23.0 Å². The number of hydrogen-bond donors (Lipinski definition) is 1. The van der Waals surface area contributed by atoms with Crippen LogP contribution in [-0.2, 0) is 4.79 Å². The molecule has 1 heterocycles. The van der Waals surface area contributed by atoms with Crippen molar-refractivity contribution >= 4 is 11.6 Å². The van der Waals surface area contributed by atoms with Crippen LogP contribution in [0.5, 0.6) is 5.75 Å². The molecule has 0 radical (unpaired) electrons. The molecule has 0 bridgehead atoms. The second-order valence-electron chi connectivity index (χ2n) is 6.89. The molecule has 0 spiro atoms. The molecule has 6 heteroatoms. The second-order valence-corrected chi connectivity index (χ2v) is 6.89. The summed E-state index contributed by atoms with van der Waals surface area (Å²) in [7, 11) is 0. The third-order valence-corrected chi connectivity index (χ3v) is 4.68. The van der Waals surface area contributed by atoms with Gasteiger partial charge in [0.2, 0.25) is 5.82 Å². The van der Waals surface area contributed by atoms with Crippen LogP contribution in [0.4, 0.5) is 5.69 Å². The summed E-state index contributed by atoms with van der Waals surface area (Å²) >= 11 is 0. The number of para-hydroxylation sites is 2. The molecule has 4 rings (SSSR count). The van der Waals surface area contributed by atoms with Crippen molar-refractivity contribution in [2.75, 3.05) is 11.9 Å². The van der Waals surface area contributed by atoms with Crippen molar-refractivity contribution in [2.45, 2.75) is 13.8 Å². The fourth-order valence-electron chi connectivity index (χ4n) is 3.14. The largest absolute Gasteiger partial charge is 0.483 e. The van der Waals surface area contributed by atoms with E-state index in [1.807, 2.05) is 80.6 Å². The van der Waals surface area contributed by atoms with Gasteiger partial charge in [-0.3, -0.25) is 4.79 Å². The quantitative estimate of drug-likeness (QED) is 0.492. The van der Waals surface area contributed by atoms with Gasteiger partial charge in [0.15, 0.2) is 6.61 Å². The van der Waals surface area contributed by atoms with Crippen LogP contribution in [-0.4, -0.2) is 22.7 Å². The predicted octanol–water partition coefficient (Wildman–Crippen LogP) is 5.04. The van der Waals surface area contributed by atoms with E-state index in [4.69, 9.17) is 9.26 Å². The highest BCUT2D eigenvalue weighted by atomic mass is 16.5. The Morgan fingerprint density at radius 2 is 1.63 bits per heavy atom. The Bertz CT molecular complexity index is 1150. The van der Waals surface area contributed by atoms with Gasteiger partial charge in [0.1, 0.15) is 5.75 Å². The highest BCUT2D eigenvalue weighted by Gasteiger charge is 2.16. The van der Waals surface area contributed by atoms with Crippen LogP contribution < -0.4 is 10.1 Å². The van der Waals surface area contributed by atoms with Gasteiger partial charge in [0.25, 0.3) is 11.8 Å². The minimum absolute atomic E-state index is 0.134. The van der Waals surface area contributed by atoms with Crippen molar-refractivity contribution < 1.29 is 14.1 Å². The van der Waals surface area contributed by atoms with Crippen LogP contribution in [0.2, 0.25) is 0 Å². The monoisotopic (exact) mass is 399 g/mol. The van der Waals surface area contributed by atoms with Gasteiger partial charge < -0.3 is 14.6 Å². The Kier molecular flexibility index (Phi) is 5.57. The first-order valence-corrected chi connectivity index (χ1v) is 9.59. The summed E-state index contributed by atoms with van der Waals surface area (Å²) < 4.78 is 11.2. The molecule has 6 nitrogen and oxygen atoms in total. The minimum Gasteiger partial charge on any atom is -0.483 e. The lowest BCUT2D eigenvalue weighted by atomic mass is 10.1. The van der Waals surface area contributed by atoms with E-state index in [2.05, 4.69) is 15.5 Å². The number of ether oxygens (including phenoxy) is 1. The van der Waals surface area contributed by atoms with E-state index < -0.39 is 0 Å². The number of carbonyl (C=O) groups excluding carboxylic acids is 1.